The second-order valence-corrected chi connectivity index (χ2v) is 5.16. The van der Waals surface area contributed by atoms with Gasteiger partial charge in [0.15, 0.2) is 0 Å². The Morgan fingerprint density at radius 3 is 3.25 bits per heavy atom. The molecular weight excluding hydrogens is 220 g/mol. The molecule has 4 heteroatoms. The fraction of sp³-hybridized carbons (Fsp3) is 0.750. The number of nitrogens with one attached hydrogen (secondary N) is 1. The molecule has 1 aliphatic heterocycles. The molecule has 1 N–H and O–H groups in total. The van der Waals surface area contributed by atoms with Crippen LogP contribution in [0.15, 0.2) is 5.38 Å². The van der Waals surface area contributed by atoms with Crippen molar-refractivity contribution in [1.82, 2.24) is 10.3 Å². The summed E-state index contributed by atoms with van der Waals surface area (Å²) >= 11 is 1.72. The molecule has 3 nitrogen and oxygen atoms in total. The van der Waals surface area contributed by atoms with Gasteiger partial charge in [0.25, 0.3) is 0 Å². The van der Waals surface area contributed by atoms with Gasteiger partial charge in [-0.2, -0.15) is 0 Å². The topological polar surface area (TPSA) is 34.1 Å². The fourth-order valence-corrected chi connectivity index (χ4v) is 2.94. The molecule has 2 heterocycles. The normalized spacial score (nSPS) is 22.5. The van der Waals surface area contributed by atoms with E-state index in [1.807, 2.05) is 6.92 Å². The third-order valence-electron chi connectivity index (χ3n) is 2.95. The van der Waals surface area contributed by atoms with E-state index in [1.54, 1.807) is 11.3 Å². The Kier molecular flexibility index (Phi) is 4.32. The molecule has 1 aliphatic rings. The van der Waals surface area contributed by atoms with E-state index in [-0.39, 0.29) is 6.10 Å². The van der Waals surface area contributed by atoms with Crippen LogP contribution in [0.1, 0.15) is 43.5 Å². The highest BCUT2D eigenvalue weighted by Crippen LogP contribution is 2.22. The van der Waals surface area contributed by atoms with Crippen molar-refractivity contribution in [3.8, 4) is 0 Å². The summed E-state index contributed by atoms with van der Waals surface area (Å²) in [6, 6.07) is 0.636. The second kappa shape index (κ2) is 5.75. The highest BCUT2D eigenvalue weighted by atomic mass is 32.1. The Labute approximate surface area is 101 Å². The van der Waals surface area contributed by atoms with Crippen molar-refractivity contribution in [1.29, 1.82) is 0 Å². The van der Waals surface area contributed by atoms with Gasteiger partial charge in [0.05, 0.1) is 5.69 Å². The third kappa shape index (κ3) is 3.03. The molecular formula is C12H20N2OS. The van der Waals surface area contributed by atoms with Crippen molar-refractivity contribution in [2.24, 2.45) is 0 Å². The molecule has 0 radical (unpaired) electrons. The molecule has 0 aromatic carbocycles. The molecule has 0 bridgehead atoms. The average Bonchev–Trinajstić information content (AvgIpc) is 2.90. The van der Waals surface area contributed by atoms with Gasteiger partial charge in [0.1, 0.15) is 11.1 Å². The van der Waals surface area contributed by atoms with Crippen molar-refractivity contribution in [2.75, 3.05) is 13.2 Å². The van der Waals surface area contributed by atoms with Gasteiger partial charge in [-0.15, -0.1) is 11.3 Å². The predicted octanol–water partition coefficient (Wildman–Crippen LogP) is 2.54. The maximum atomic E-state index is 5.54. The molecule has 0 amide bonds. The molecule has 90 valence electrons. The molecule has 1 aromatic heterocycles. The lowest BCUT2D eigenvalue weighted by molar-refractivity contribution is 0.0761. The van der Waals surface area contributed by atoms with E-state index in [9.17, 15) is 0 Å². The van der Waals surface area contributed by atoms with Crippen molar-refractivity contribution in [3.63, 3.8) is 0 Å². The van der Waals surface area contributed by atoms with Gasteiger partial charge < -0.3 is 10.1 Å². The summed E-state index contributed by atoms with van der Waals surface area (Å²) < 4.78 is 5.54. The smallest absolute Gasteiger partial charge is 0.121 e. The number of aromatic nitrogens is 1. The summed E-state index contributed by atoms with van der Waals surface area (Å²) in [6.07, 6.45) is 3.79. The number of ether oxygens (including phenoxy) is 1. The summed E-state index contributed by atoms with van der Waals surface area (Å²) in [4.78, 5) is 4.65. The van der Waals surface area contributed by atoms with E-state index in [0.29, 0.717) is 6.04 Å². The quantitative estimate of drug-likeness (QED) is 0.859. The molecule has 1 fully saturated rings. The molecule has 0 spiro atoms. The Morgan fingerprint density at radius 2 is 2.56 bits per heavy atom. The van der Waals surface area contributed by atoms with Crippen LogP contribution in [0.5, 0.6) is 0 Å². The van der Waals surface area contributed by atoms with Gasteiger partial charge in [0, 0.05) is 24.4 Å². The zero-order valence-electron chi connectivity index (χ0n) is 10.0. The fourth-order valence-electron chi connectivity index (χ4n) is 2.11. The Hall–Kier alpha value is -0.450. The summed E-state index contributed by atoms with van der Waals surface area (Å²) in [5.74, 6) is 0. The summed E-state index contributed by atoms with van der Waals surface area (Å²) in [5, 5.41) is 6.78. The molecule has 2 unspecified atom stereocenters. The van der Waals surface area contributed by atoms with E-state index < -0.39 is 0 Å². The predicted molar refractivity (Wildman–Crippen MR) is 66.9 cm³/mol. The number of thiazole rings is 1. The van der Waals surface area contributed by atoms with Gasteiger partial charge in [-0.05, 0) is 33.2 Å². The average molecular weight is 240 g/mol. The summed E-state index contributed by atoms with van der Waals surface area (Å²) in [5.41, 5.74) is 1.21. The van der Waals surface area contributed by atoms with Gasteiger partial charge in [-0.25, -0.2) is 4.98 Å². The number of nitrogens with zero attached hydrogens (tertiary/aromatic N) is 1. The van der Waals surface area contributed by atoms with Gasteiger partial charge in [-0.3, -0.25) is 0 Å². The minimum atomic E-state index is 0.139. The van der Waals surface area contributed by atoms with E-state index in [4.69, 9.17) is 4.74 Å². The Morgan fingerprint density at radius 1 is 1.69 bits per heavy atom. The van der Waals surface area contributed by atoms with Crippen molar-refractivity contribution in [3.05, 3.63) is 16.1 Å². The van der Waals surface area contributed by atoms with Crippen LogP contribution >= 0.6 is 11.3 Å². The molecule has 0 saturated carbocycles. The zero-order valence-corrected chi connectivity index (χ0v) is 10.8. The minimum absolute atomic E-state index is 0.139. The first kappa shape index (κ1) is 12.0. The van der Waals surface area contributed by atoms with Crippen LogP contribution in [0.25, 0.3) is 0 Å². The SMILES string of the molecule is CCOC(C)c1nc(CC2CCCN2)cs1. The van der Waals surface area contributed by atoms with E-state index in [1.165, 1.54) is 18.5 Å². The highest BCUT2D eigenvalue weighted by Gasteiger charge is 2.17. The van der Waals surface area contributed by atoms with E-state index in [0.717, 1.165) is 24.6 Å². The first-order chi connectivity index (χ1) is 7.79. The van der Waals surface area contributed by atoms with Crippen LogP contribution in [-0.4, -0.2) is 24.2 Å². The molecule has 0 aliphatic carbocycles. The molecule has 1 aromatic rings. The highest BCUT2D eigenvalue weighted by molar-refractivity contribution is 7.09. The monoisotopic (exact) mass is 240 g/mol. The third-order valence-corrected chi connectivity index (χ3v) is 4.01. The van der Waals surface area contributed by atoms with Crippen LogP contribution in [-0.2, 0) is 11.2 Å². The number of hydrogen-bond donors (Lipinski definition) is 1. The minimum Gasteiger partial charge on any atom is -0.372 e. The van der Waals surface area contributed by atoms with Crippen molar-refractivity contribution >= 4 is 11.3 Å². The maximum Gasteiger partial charge on any atom is 0.121 e. The van der Waals surface area contributed by atoms with Crippen LogP contribution in [0.3, 0.4) is 0 Å². The van der Waals surface area contributed by atoms with Crippen molar-refractivity contribution in [2.45, 2.75) is 45.3 Å². The maximum absolute atomic E-state index is 5.54. The number of rotatable bonds is 5. The van der Waals surface area contributed by atoms with E-state index >= 15 is 0 Å². The van der Waals surface area contributed by atoms with Gasteiger partial charge in [-0.1, -0.05) is 0 Å². The number of hydrogen-bond acceptors (Lipinski definition) is 4. The Balaban J connectivity index is 1.90. The molecule has 16 heavy (non-hydrogen) atoms. The molecule has 2 rings (SSSR count). The first-order valence-electron chi connectivity index (χ1n) is 6.09. The zero-order chi connectivity index (χ0) is 11.4. The van der Waals surface area contributed by atoms with Crippen LogP contribution < -0.4 is 5.32 Å². The lowest BCUT2D eigenvalue weighted by Gasteiger charge is -2.08. The van der Waals surface area contributed by atoms with Crippen LogP contribution in [0, 0.1) is 0 Å². The molecule has 2 atom stereocenters. The van der Waals surface area contributed by atoms with Crippen molar-refractivity contribution < 1.29 is 4.74 Å². The van der Waals surface area contributed by atoms with Gasteiger partial charge >= 0.3 is 0 Å². The lowest BCUT2D eigenvalue weighted by atomic mass is 10.1. The van der Waals surface area contributed by atoms with Crippen LogP contribution in [0.2, 0.25) is 0 Å². The van der Waals surface area contributed by atoms with Gasteiger partial charge in [0.2, 0.25) is 0 Å². The van der Waals surface area contributed by atoms with E-state index in [2.05, 4.69) is 22.6 Å². The second-order valence-electron chi connectivity index (χ2n) is 4.27. The Bertz CT molecular complexity index is 321. The van der Waals surface area contributed by atoms with Crippen LogP contribution in [0.4, 0.5) is 0 Å². The summed E-state index contributed by atoms with van der Waals surface area (Å²) in [7, 11) is 0. The molecule has 1 saturated heterocycles. The lowest BCUT2D eigenvalue weighted by Crippen LogP contribution is -2.23. The largest absolute Gasteiger partial charge is 0.372 e. The summed E-state index contributed by atoms with van der Waals surface area (Å²) in [6.45, 7) is 6.00. The standard InChI is InChI=1S/C12H20N2OS/c1-3-15-9(2)12-14-11(8-16-12)7-10-5-4-6-13-10/h8-10,13H,3-7H2,1-2H3. The first-order valence-corrected chi connectivity index (χ1v) is 6.97.